The normalized spacial score (nSPS) is 10.1. The zero-order valence-corrected chi connectivity index (χ0v) is 11.9. The van der Waals surface area contributed by atoms with Crippen molar-refractivity contribution >= 4 is 29.1 Å². The number of carbonyl (C=O) groups is 1. The van der Waals surface area contributed by atoms with Crippen LogP contribution in [0.1, 0.15) is 6.92 Å². The van der Waals surface area contributed by atoms with Gasteiger partial charge in [0.15, 0.2) is 0 Å². The smallest absolute Gasteiger partial charge is 0.308 e. The summed E-state index contributed by atoms with van der Waals surface area (Å²) in [6.07, 6.45) is 0. The molecule has 0 atom stereocenters. The van der Waals surface area contributed by atoms with Crippen molar-refractivity contribution in [3.05, 3.63) is 52.6 Å². The molecule has 108 valence electrons. The number of benzene rings is 2. The van der Waals surface area contributed by atoms with E-state index in [1.807, 2.05) is 0 Å². The number of rotatable bonds is 4. The zero-order chi connectivity index (χ0) is 15.4. The summed E-state index contributed by atoms with van der Waals surface area (Å²) in [5.74, 6) is 0.0913. The summed E-state index contributed by atoms with van der Waals surface area (Å²) in [4.78, 5) is 22.7. The van der Waals surface area contributed by atoms with Crippen LogP contribution in [0.2, 0.25) is 0 Å². The summed E-state index contributed by atoms with van der Waals surface area (Å²) in [6.45, 7) is 1.34. The van der Waals surface area contributed by atoms with E-state index in [2.05, 4.69) is 0 Å². The second kappa shape index (κ2) is 6.27. The molecule has 0 fully saturated rings. The average molecular weight is 304 g/mol. The first-order valence-corrected chi connectivity index (χ1v) is 6.77. The molecular formula is C14H12N2O4S. The van der Waals surface area contributed by atoms with Gasteiger partial charge >= 0.3 is 5.97 Å². The first kappa shape index (κ1) is 14.9. The summed E-state index contributed by atoms with van der Waals surface area (Å²) in [6, 6.07) is 11.5. The molecule has 2 aromatic carbocycles. The molecule has 0 spiro atoms. The van der Waals surface area contributed by atoms with Gasteiger partial charge in [-0.1, -0.05) is 11.8 Å². The van der Waals surface area contributed by atoms with Crippen molar-refractivity contribution in [2.75, 3.05) is 5.73 Å². The van der Waals surface area contributed by atoms with Gasteiger partial charge in [0.1, 0.15) is 11.4 Å². The van der Waals surface area contributed by atoms with Gasteiger partial charge in [-0.15, -0.1) is 0 Å². The number of nitrogens with two attached hydrogens (primary N) is 1. The first-order valence-electron chi connectivity index (χ1n) is 5.96. The molecular weight excluding hydrogens is 292 g/mol. The molecule has 0 bridgehead atoms. The number of esters is 1. The van der Waals surface area contributed by atoms with E-state index in [0.29, 0.717) is 5.75 Å². The van der Waals surface area contributed by atoms with Crippen molar-refractivity contribution in [1.82, 2.24) is 0 Å². The molecule has 2 N–H and O–H groups in total. The van der Waals surface area contributed by atoms with Gasteiger partial charge in [0.05, 0.1) is 4.92 Å². The summed E-state index contributed by atoms with van der Waals surface area (Å²) in [7, 11) is 0. The number of carbonyl (C=O) groups excluding carboxylic acids is 1. The number of nitro groups is 1. The van der Waals surface area contributed by atoms with Gasteiger partial charge in [0.2, 0.25) is 0 Å². The molecule has 0 amide bonds. The number of nitrogen functional groups attached to an aromatic ring is 1. The maximum atomic E-state index is 10.8. The fourth-order valence-corrected chi connectivity index (χ4v) is 2.51. The van der Waals surface area contributed by atoms with Crippen molar-refractivity contribution in [3.63, 3.8) is 0 Å². The highest BCUT2D eigenvalue weighted by Crippen LogP contribution is 2.33. The Labute approximate surface area is 125 Å². The van der Waals surface area contributed by atoms with Crippen molar-refractivity contribution in [2.24, 2.45) is 0 Å². The monoisotopic (exact) mass is 304 g/mol. The Morgan fingerprint density at radius 1 is 1.19 bits per heavy atom. The van der Waals surface area contributed by atoms with Gasteiger partial charge in [0, 0.05) is 22.8 Å². The van der Waals surface area contributed by atoms with Crippen molar-refractivity contribution < 1.29 is 14.5 Å². The van der Waals surface area contributed by atoms with E-state index in [-0.39, 0.29) is 17.3 Å². The highest BCUT2D eigenvalue weighted by molar-refractivity contribution is 7.99. The minimum atomic E-state index is -0.516. The van der Waals surface area contributed by atoms with Crippen molar-refractivity contribution in [3.8, 4) is 5.75 Å². The lowest BCUT2D eigenvalue weighted by atomic mass is 10.3. The third kappa shape index (κ3) is 3.96. The lowest BCUT2D eigenvalue weighted by Crippen LogP contribution is -2.00. The maximum Gasteiger partial charge on any atom is 0.308 e. The number of nitro benzene ring substituents is 1. The minimum Gasteiger partial charge on any atom is -0.427 e. The number of hydrogen-bond donors (Lipinski definition) is 1. The predicted octanol–water partition coefficient (Wildman–Crippen LogP) is 3.25. The molecule has 0 aliphatic heterocycles. The van der Waals surface area contributed by atoms with E-state index in [1.54, 1.807) is 36.4 Å². The highest BCUT2D eigenvalue weighted by atomic mass is 32.2. The highest BCUT2D eigenvalue weighted by Gasteiger charge is 2.11. The molecule has 0 unspecified atom stereocenters. The molecule has 0 aliphatic carbocycles. The molecule has 0 heterocycles. The van der Waals surface area contributed by atoms with Crippen LogP contribution in [-0.4, -0.2) is 10.9 Å². The quantitative estimate of drug-likeness (QED) is 0.306. The van der Waals surface area contributed by atoms with Crippen LogP contribution in [0.15, 0.2) is 52.3 Å². The van der Waals surface area contributed by atoms with Gasteiger partial charge < -0.3 is 10.5 Å². The number of nitrogens with zero attached hydrogens (tertiary/aromatic N) is 1. The van der Waals surface area contributed by atoms with E-state index in [9.17, 15) is 14.9 Å². The van der Waals surface area contributed by atoms with Crippen LogP contribution in [-0.2, 0) is 4.79 Å². The second-order valence-corrected chi connectivity index (χ2v) is 5.29. The minimum absolute atomic E-state index is 0.107. The number of anilines is 1. The van der Waals surface area contributed by atoms with Crippen LogP contribution in [0.4, 0.5) is 11.4 Å². The molecule has 0 saturated heterocycles. The van der Waals surface area contributed by atoms with Crippen LogP contribution in [0, 0.1) is 10.1 Å². The Bertz CT molecular complexity index is 686. The van der Waals surface area contributed by atoms with Crippen molar-refractivity contribution in [2.45, 2.75) is 16.7 Å². The largest absolute Gasteiger partial charge is 0.427 e. The topological polar surface area (TPSA) is 95.5 Å². The van der Waals surface area contributed by atoms with Crippen LogP contribution in [0.5, 0.6) is 5.75 Å². The van der Waals surface area contributed by atoms with Crippen LogP contribution in [0.25, 0.3) is 0 Å². The molecule has 0 radical (unpaired) electrons. The lowest BCUT2D eigenvalue weighted by Gasteiger charge is -2.05. The van der Waals surface area contributed by atoms with Crippen LogP contribution < -0.4 is 10.5 Å². The third-order valence-corrected chi connectivity index (χ3v) is 3.51. The predicted molar refractivity (Wildman–Crippen MR) is 79.4 cm³/mol. The van der Waals surface area contributed by atoms with E-state index in [0.717, 1.165) is 9.79 Å². The zero-order valence-electron chi connectivity index (χ0n) is 11.1. The molecule has 6 nitrogen and oxygen atoms in total. The summed E-state index contributed by atoms with van der Waals surface area (Å²) in [5.41, 5.74) is 5.66. The SMILES string of the molecule is CC(=O)Oc1ccc(Sc2ccc([N+](=O)[O-])c(N)c2)cc1. The van der Waals surface area contributed by atoms with Gasteiger partial charge in [-0.3, -0.25) is 14.9 Å². The molecule has 2 aromatic rings. The van der Waals surface area contributed by atoms with Gasteiger partial charge in [-0.25, -0.2) is 0 Å². The molecule has 2 rings (SSSR count). The molecule has 21 heavy (non-hydrogen) atoms. The Balaban J connectivity index is 2.13. The first-order chi connectivity index (χ1) is 9.95. The maximum absolute atomic E-state index is 10.8. The summed E-state index contributed by atoms with van der Waals surface area (Å²) < 4.78 is 4.94. The molecule has 0 aromatic heterocycles. The Hall–Kier alpha value is -2.54. The molecule has 7 heteroatoms. The van der Waals surface area contributed by atoms with E-state index in [4.69, 9.17) is 10.5 Å². The van der Waals surface area contributed by atoms with Gasteiger partial charge in [-0.2, -0.15) is 0 Å². The Kier molecular flexibility index (Phi) is 4.44. The second-order valence-electron chi connectivity index (χ2n) is 4.14. The third-order valence-electron chi connectivity index (χ3n) is 2.52. The number of hydrogen-bond acceptors (Lipinski definition) is 6. The van der Waals surface area contributed by atoms with Gasteiger partial charge in [0.25, 0.3) is 5.69 Å². The fraction of sp³-hybridized carbons (Fsp3) is 0.0714. The molecule has 0 saturated carbocycles. The Morgan fingerprint density at radius 3 is 2.33 bits per heavy atom. The Morgan fingerprint density at radius 2 is 1.81 bits per heavy atom. The lowest BCUT2D eigenvalue weighted by molar-refractivity contribution is -0.383. The van der Waals surface area contributed by atoms with Crippen LogP contribution >= 0.6 is 11.8 Å². The van der Waals surface area contributed by atoms with E-state index < -0.39 is 4.92 Å². The summed E-state index contributed by atoms with van der Waals surface area (Å²) >= 11 is 1.41. The van der Waals surface area contributed by atoms with Gasteiger partial charge in [-0.05, 0) is 36.4 Å². The number of ether oxygens (including phenoxy) is 1. The fourth-order valence-electron chi connectivity index (χ4n) is 1.64. The average Bonchev–Trinajstić information content (AvgIpc) is 2.40. The van der Waals surface area contributed by atoms with E-state index in [1.165, 1.54) is 24.8 Å². The van der Waals surface area contributed by atoms with Crippen molar-refractivity contribution in [1.29, 1.82) is 0 Å². The van der Waals surface area contributed by atoms with Crippen LogP contribution in [0.3, 0.4) is 0 Å². The molecule has 0 aliphatic rings. The standard InChI is InChI=1S/C14H12N2O4S/c1-9(17)20-10-2-4-11(5-3-10)21-12-6-7-14(16(18)19)13(15)8-12/h2-8H,15H2,1H3. The van der Waals surface area contributed by atoms with E-state index >= 15 is 0 Å². The summed E-state index contributed by atoms with van der Waals surface area (Å²) in [5, 5.41) is 10.7.